The molecule has 0 aliphatic heterocycles. The molecule has 0 aromatic heterocycles. The zero-order chi connectivity index (χ0) is 18.4. The van der Waals surface area contributed by atoms with E-state index in [4.69, 9.17) is 9.57 Å². The number of amides is 1. The smallest absolute Gasteiger partial charge is 0.268 e. The molecule has 7 nitrogen and oxygen atoms in total. The molecule has 2 aromatic carbocycles. The number of nitrogens with one attached hydrogen (secondary N) is 1. The molecule has 0 radical (unpaired) electrons. The van der Waals surface area contributed by atoms with E-state index < -0.39 is 10.0 Å². The van der Waals surface area contributed by atoms with Gasteiger partial charge in [0.15, 0.2) is 0 Å². The lowest BCUT2D eigenvalue weighted by Crippen LogP contribution is -2.27. The summed E-state index contributed by atoms with van der Waals surface area (Å²) in [6.45, 7) is 0.339. The Bertz CT molecular complexity index is 837. The average Bonchev–Trinajstić information content (AvgIpc) is 2.65. The van der Waals surface area contributed by atoms with Gasteiger partial charge < -0.3 is 10.1 Å². The van der Waals surface area contributed by atoms with Crippen LogP contribution in [0, 0.1) is 0 Å². The van der Waals surface area contributed by atoms with Crippen LogP contribution in [-0.4, -0.2) is 40.1 Å². The molecule has 0 unspecified atom stereocenters. The number of methoxy groups -OCH3 is 1. The summed E-state index contributed by atoms with van der Waals surface area (Å²) in [5.41, 5.74) is 1.15. The second kappa shape index (κ2) is 8.11. The third-order valence-corrected chi connectivity index (χ3v) is 5.30. The van der Waals surface area contributed by atoms with Crippen molar-refractivity contribution in [2.24, 2.45) is 0 Å². The predicted octanol–water partition coefficient (Wildman–Crippen LogP) is 1.81. The number of carbonyl (C=O) groups excluding carboxylic acids is 1. The highest BCUT2D eigenvalue weighted by Crippen LogP contribution is 2.27. The molecule has 25 heavy (non-hydrogen) atoms. The number of nitrogens with zero attached hydrogens (tertiary/aromatic N) is 1. The van der Waals surface area contributed by atoms with Crippen LogP contribution in [0.4, 0.5) is 0 Å². The van der Waals surface area contributed by atoms with Crippen molar-refractivity contribution in [3.05, 3.63) is 59.7 Å². The van der Waals surface area contributed by atoms with Crippen molar-refractivity contribution in [2.75, 3.05) is 21.3 Å². The largest absolute Gasteiger partial charge is 0.495 e. The number of sulfonamides is 1. The molecule has 8 heteroatoms. The molecule has 134 valence electrons. The van der Waals surface area contributed by atoms with Gasteiger partial charge in [0.25, 0.3) is 15.9 Å². The van der Waals surface area contributed by atoms with Crippen molar-refractivity contribution in [1.29, 1.82) is 0 Å². The molecule has 2 rings (SSSR count). The van der Waals surface area contributed by atoms with Gasteiger partial charge in [-0.1, -0.05) is 34.8 Å². The first-order valence-electron chi connectivity index (χ1n) is 7.43. The lowest BCUT2D eigenvalue weighted by Gasteiger charge is -2.17. The quantitative estimate of drug-likeness (QED) is 0.758. The summed E-state index contributed by atoms with van der Waals surface area (Å²) in [6, 6.07) is 13.6. The molecule has 0 aliphatic carbocycles. The van der Waals surface area contributed by atoms with Crippen LogP contribution in [0.5, 0.6) is 5.75 Å². The predicted molar refractivity (Wildman–Crippen MR) is 92.6 cm³/mol. The topological polar surface area (TPSA) is 84.9 Å². The SMILES string of the molecule is COc1ccc(C(=O)NCc2ccccc2)cc1S(=O)(=O)N(C)OC. The number of hydroxylamine groups is 1. The van der Waals surface area contributed by atoms with Crippen LogP contribution in [0.3, 0.4) is 0 Å². The van der Waals surface area contributed by atoms with Crippen LogP contribution in [-0.2, 0) is 21.4 Å². The first-order chi connectivity index (χ1) is 11.9. The van der Waals surface area contributed by atoms with Crippen molar-refractivity contribution in [3.63, 3.8) is 0 Å². The van der Waals surface area contributed by atoms with Crippen LogP contribution >= 0.6 is 0 Å². The lowest BCUT2D eigenvalue weighted by molar-refractivity contribution is -0.0259. The first kappa shape index (κ1) is 18.9. The van der Waals surface area contributed by atoms with Crippen LogP contribution < -0.4 is 10.1 Å². The van der Waals surface area contributed by atoms with Crippen LogP contribution in [0.25, 0.3) is 0 Å². The molecule has 2 aromatic rings. The normalized spacial score (nSPS) is 11.4. The lowest BCUT2D eigenvalue weighted by atomic mass is 10.2. The van der Waals surface area contributed by atoms with E-state index in [1.54, 1.807) is 0 Å². The molecule has 0 spiro atoms. The molecular weight excluding hydrogens is 344 g/mol. The zero-order valence-corrected chi connectivity index (χ0v) is 15.0. The fourth-order valence-corrected chi connectivity index (χ4v) is 3.29. The third kappa shape index (κ3) is 4.36. The van der Waals surface area contributed by atoms with Crippen molar-refractivity contribution in [3.8, 4) is 5.75 Å². The van der Waals surface area contributed by atoms with Gasteiger partial charge >= 0.3 is 0 Å². The minimum atomic E-state index is -3.95. The standard InChI is InChI=1S/C17H20N2O5S/c1-19(24-3)25(21,22)16-11-14(9-10-15(16)23-2)17(20)18-12-13-7-5-4-6-8-13/h4-11H,12H2,1-3H3,(H,18,20). The molecule has 0 saturated carbocycles. The van der Waals surface area contributed by atoms with E-state index in [0.29, 0.717) is 11.0 Å². The molecule has 0 aliphatic rings. The number of hydrogen-bond acceptors (Lipinski definition) is 5. The van der Waals surface area contributed by atoms with Crippen LogP contribution in [0.15, 0.2) is 53.4 Å². The first-order valence-corrected chi connectivity index (χ1v) is 8.87. The van der Waals surface area contributed by atoms with Crippen molar-refractivity contribution in [2.45, 2.75) is 11.4 Å². The van der Waals surface area contributed by atoms with Crippen molar-refractivity contribution in [1.82, 2.24) is 9.79 Å². The zero-order valence-electron chi connectivity index (χ0n) is 14.2. The molecule has 1 N–H and O–H groups in total. The maximum atomic E-state index is 12.5. The summed E-state index contributed by atoms with van der Waals surface area (Å²) >= 11 is 0. The van der Waals surface area contributed by atoms with Gasteiger partial charge in [-0.3, -0.25) is 9.63 Å². The fraction of sp³-hybridized carbons (Fsp3) is 0.235. The summed E-state index contributed by atoms with van der Waals surface area (Å²) in [6.07, 6.45) is 0. The number of hydrogen-bond donors (Lipinski definition) is 1. The summed E-state index contributed by atoms with van der Waals surface area (Å²) in [7, 11) is -0.0940. The Morgan fingerprint density at radius 3 is 2.40 bits per heavy atom. The van der Waals surface area contributed by atoms with Gasteiger partial charge in [0.1, 0.15) is 10.6 Å². The summed E-state index contributed by atoms with van der Waals surface area (Å²) in [5.74, 6) is -0.258. The fourth-order valence-electron chi connectivity index (χ4n) is 2.14. The number of carbonyl (C=O) groups is 1. The molecule has 0 atom stereocenters. The average molecular weight is 364 g/mol. The minimum Gasteiger partial charge on any atom is -0.495 e. The Morgan fingerprint density at radius 1 is 1.12 bits per heavy atom. The van der Waals surface area contributed by atoms with E-state index in [1.165, 1.54) is 39.5 Å². The molecule has 1 amide bonds. The maximum absolute atomic E-state index is 12.5. The van der Waals surface area contributed by atoms with Gasteiger partial charge in [0.2, 0.25) is 0 Å². The number of benzene rings is 2. The van der Waals surface area contributed by atoms with E-state index >= 15 is 0 Å². The Labute approximate surface area is 147 Å². The van der Waals surface area contributed by atoms with Gasteiger partial charge in [-0.25, -0.2) is 8.42 Å². The van der Waals surface area contributed by atoms with E-state index in [2.05, 4.69) is 5.32 Å². The Kier molecular flexibility index (Phi) is 6.13. The molecule has 0 fully saturated rings. The highest BCUT2D eigenvalue weighted by atomic mass is 32.2. The molecular formula is C17H20N2O5S. The monoisotopic (exact) mass is 364 g/mol. The molecule has 0 saturated heterocycles. The Hall–Kier alpha value is -2.42. The highest BCUT2D eigenvalue weighted by molar-refractivity contribution is 7.89. The third-order valence-electron chi connectivity index (χ3n) is 3.60. The van der Waals surface area contributed by atoms with Gasteiger partial charge in [0.05, 0.1) is 14.2 Å². The van der Waals surface area contributed by atoms with Crippen molar-refractivity contribution >= 4 is 15.9 Å². The maximum Gasteiger partial charge on any atom is 0.268 e. The van der Waals surface area contributed by atoms with E-state index in [9.17, 15) is 13.2 Å². The van der Waals surface area contributed by atoms with Gasteiger partial charge in [-0.2, -0.15) is 0 Å². The van der Waals surface area contributed by atoms with E-state index in [0.717, 1.165) is 5.56 Å². The van der Waals surface area contributed by atoms with Crippen LogP contribution in [0.1, 0.15) is 15.9 Å². The van der Waals surface area contributed by atoms with Gasteiger partial charge in [-0.15, -0.1) is 0 Å². The van der Waals surface area contributed by atoms with Crippen LogP contribution in [0.2, 0.25) is 0 Å². The summed E-state index contributed by atoms with van der Waals surface area (Å²) < 4.78 is 30.8. The second-order valence-corrected chi connectivity index (χ2v) is 7.04. The van der Waals surface area contributed by atoms with Gasteiger partial charge in [-0.05, 0) is 23.8 Å². The summed E-state index contributed by atoms with van der Waals surface area (Å²) in [5, 5.41) is 2.76. The molecule has 0 bridgehead atoms. The highest BCUT2D eigenvalue weighted by Gasteiger charge is 2.26. The van der Waals surface area contributed by atoms with E-state index in [1.807, 2.05) is 30.3 Å². The van der Waals surface area contributed by atoms with Crippen molar-refractivity contribution < 1.29 is 22.8 Å². The summed E-state index contributed by atoms with van der Waals surface area (Å²) in [4.78, 5) is 17.0. The minimum absolute atomic E-state index is 0.128. The molecule has 0 heterocycles. The second-order valence-electron chi connectivity index (χ2n) is 5.13. The van der Waals surface area contributed by atoms with E-state index in [-0.39, 0.29) is 22.1 Å². The van der Waals surface area contributed by atoms with Gasteiger partial charge in [0, 0.05) is 19.2 Å². The number of ether oxygens (including phenoxy) is 1. The number of rotatable bonds is 7. The Balaban J connectivity index is 2.27. The Morgan fingerprint density at radius 2 is 1.80 bits per heavy atom.